The molecule has 4 heteroatoms. The largest absolute Gasteiger partial charge is 0.334 e. The Morgan fingerprint density at radius 2 is 1.69 bits per heavy atom. The molecule has 2 unspecified atom stereocenters. The van der Waals surface area contributed by atoms with Crippen LogP contribution in [0, 0.1) is 5.92 Å². The summed E-state index contributed by atoms with van der Waals surface area (Å²) in [6.45, 7) is 9.12. The first-order chi connectivity index (χ1) is 14.0. The van der Waals surface area contributed by atoms with E-state index in [1.54, 1.807) is 0 Å². The summed E-state index contributed by atoms with van der Waals surface area (Å²) >= 11 is 3.77. The van der Waals surface area contributed by atoms with E-state index < -0.39 is 0 Å². The molecule has 0 spiro atoms. The maximum absolute atomic E-state index is 13.4. The molecule has 29 heavy (non-hydrogen) atoms. The molecular weight excluding hydrogens is 394 g/mol. The third-order valence-electron chi connectivity index (χ3n) is 5.52. The van der Waals surface area contributed by atoms with Gasteiger partial charge in [-0.2, -0.15) is 11.8 Å². The van der Waals surface area contributed by atoms with E-state index in [2.05, 4.69) is 73.9 Å². The van der Waals surface area contributed by atoms with Gasteiger partial charge < -0.3 is 4.90 Å². The molecule has 0 radical (unpaired) electrons. The van der Waals surface area contributed by atoms with E-state index in [4.69, 9.17) is 0 Å². The Kier molecular flexibility index (Phi) is 7.91. The summed E-state index contributed by atoms with van der Waals surface area (Å²) in [5.41, 5.74) is 2.52. The SMILES string of the molecule is C=CCSC(C)(C)C1CC(CSCc2ccccc2)C(=O)N1Cc1ccccc1. The first-order valence-electron chi connectivity index (χ1n) is 10.2. The third-order valence-corrected chi connectivity index (χ3v) is 8.11. The van der Waals surface area contributed by atoms with Gasteiger partial charge in [0.2, 0.25) is 5.91 Å². The highest BCUT2D eigenvalue weighted by Gasteiger charge is 2.46. The number of nitrogens with zero attached hydrogens (tertiary/aromatic N) is 1. The van der Waals surface area contributed by atoms with Crippen LogP contribution in [-0.2, 0) is 17.1 Å². The number of hydrogen-bond acceptors (Lipinski definition) is 3. The van der Waals surface area contributed by atoms with Gasteiger partial charge in [-0.15, -0.1) is 18.3 Å². The fourth-order valence-corrected chi connectivity index (χ4v) is 5.99. The van der Waals surface area contributed by atoms with Crippen LogP contribution in [0.5, 0.6) is 0 Å². The molecule has 0 aromatic heterocycles. The van der Waals surface area contributed by atoms with Crippen LogP contribution < -0.4 is 0 Å². The van der Waals surface area contributed by atoms with E-state index in [1.165, 1.54) is 11.1 Å². The van der Waals surface area contributed by atoms with Crippen molar-refractivity contribution in [3.05, 3.63) is 84.4 Å². The molecule has 1 fully saturated rings. The van der Waals surface area contributed by atoms with Gasteiger partial charge in [0.05, 0.1) is 0 Å². The molecule has 1 saturated heterocycles. The number of likely N-dealkylation sites (tertiary alicyclic amines) is 1. The van der Waals surface area contributed by atoms with Crippen molar-refractivity contribution >= 4 is 29.4 Å². The van der Waals surface area contributed by atoms with Gasteiger partial charge >= 0.3 is 0 Å². The molecule has 2 aromatic carbocycles. The molecule has 0 bridgehead atoms. The Labute approximate surface area is 184 Å². The van der Waals surface area contributed by atoms with Crippen molar-refractivity contribution in [3.8, 4) is 0 Å². The highest BCUT2D eigenvalue weighted by atomic mass is 32.2. The van der Waals surface area contributed by atoms with Gasteiger partial charge in [-0.3, -0.25) is 4.79 Å². The third kappa shape index (κ3) is 5.93. The van der Waals surface area contributed by atoms with E-state index in [0.717, 1.165) is 23.7 Å². The second-order valence-corrected chi connectivity index (χ2v) is 10.8. The number of carbonyl (C=O) groups excluding carboxylic acids is 1. The molecule has 2 aromatic rings. The summed E-state index contributed by atoms with van der Waals surface area (Å²) in [6.07, 6.45) is 2.89. The normalized spacial score (nSPS) is 19.5. The van der Waals surface area contributed by atoms with E-state index in [0.29, 0.717) is 12.5 Å². The standard InChI is InChI=1S/C25H31NOS2/c1-4-15-29-25(2,3)23-16-22(19-28-18-21-13-9-6-10-14-21)24(27)26(23)17-20-11-7-5-8-12-20/h4-14,22-23H,1,15-19H2,2-3H3. The molecule has 1 amide bonds. The van der Waals surface area contributed by atoms with E-state index in [9.17, 15) is 4.79 Å². The molecule has 1 aliphatic heterocycles. The zero-order valence-corrected chi connectivity index (χ0v) is 19.1. The molecular formula is C25H31NOS2. The topological polar surface area (TPSA) is 20.3 Å². The van der Waals surface area contributed by atoms with Crippen LogP contribution in [0.15, 0.2) is 73.3 Å². The van der Waals surface area contributed by atoms with Gasteiger partial charge in [0.1, 0.15) is 0 Å². The molecule has 1 aliphatic rings. The van der Waals surface area contributed by atoms with E-state index >= 15 is 0 Å². The van der Waals surface area contributed by atoms with Crippen molar-refractivity contribution in [1.29, 1.82) is 0 Å². The number of hydrogen-bond donors (Lipinski definition) is 0. The maximum Gasteiger partial charge on any atom is 0.227 e. The Morgan fingerprint density at radius 1 is 1.07 bits per heavy atom. The van der Waals surface area contributed by atoms with Crippen molar-refractivity contribution in [2.45, 2.75) is 43.4 Å². The minimum absolute atomic E-state index is 0.00250. The molecule has 1 heterocycles. The Hall–Kier alpha value is -1.65. The summed E-state index contributed by atoms with van der Waals surface area (Å²) in [7, 11) is 0. The van der Waals surface area contributed by atoms with Crippen molar-refractivity contribution in [2.24, 2.45) is 5.92 Å². The molecule has 2 atom stereocenters. The summed E-state index contributed by atoms with van der Waals surface area (Å²) < 4.78 is -0.00250. The lowest BCUT2D eigenvalue weighted by atomic mass is 9.97. The summed E-state index contributed by atoms with van der Waals surface area (Å²) in [6, 6.07) is 21.1. The minimum atomic E-state index is -0.00250. The van der Waals surface area contributed by atoms with Crippen LogP contribution >= 0.6 is 23.5 Å². The zero-order chi connectivity index (χ0) is 20.7. The van der Waals surface area contributed by atoms with Gasteiger partial charge in [-0.1, -0.05) is 66.7 Å². The lowest BCUT2D eigenvalue weighted by molar-refractivity contribution is -0.132. The van der Waals surface area contributed by atoms with Crippen LogP contribution in [0.3, 0.4) is 0 Å². The second kappa shape index (κ2) is 10.4. The monoisotopic (exact) mass is 425 g/mol. The predicted octanol–water partition coefficient (Wildman–Crippen LogP) is 6.03. The predicted molar refractivity (Wildman–Crippen MR) is 128 cm³/mol. The highest BCUT2D eigenvalue weighted by molar-refractivity contribution is 8.00. The van der Waals surface area contributed by atoms with Crippen LogP contribution in [-0.4, -0.2) is 33.1 Å². The van der Waals surface area contributed by atoms with Crippen molar-refractivity contribution in [2.75, 3.05) is 11.5 Å². The minimum Gasteiger partial charge on any atom is -0.334 e. The molecule has 0 saturated carbocycles. The van der Waals surface area contributed by atoms with Crippen LogP contribution in [0.2, 0.25) is 0 Å². The molecule has 3 rings (SSSR count). The molecule has 2 nitrogen and oxygen atoms in total. The lowest BCUT2D eigenvalue weighted by Gasteiger charge is -2.37. The Balaban J connectivity index is 1.70. The summed E-state index contributed by atoms with van der Waals surface area (Å²) in [4.78, 5) is 15.5. The van der Waals surface area contributed by atoms with Crippen LogP contribution in [0.25, 0.3) is 0 Å². The maximum atomic E-state index is 13.4. The van der Waals surface area contributed by atoms with Gasteiger partial charge in [0.25, 0.3) is 0 Å². The van der Waals surface area contributed by atoms with Gasteiger partial charge in [0, 0.05) is 40.5 Å². The van der Waals surface area contributed by atoms with Crippen molar-refractivity contribution < 1.29 is 4.79 Å². The first-order valence-corrected chi connectivity index (χ1v) is 12.4. The van der Waals surface area contributed by atoms with E-state index in [-0.39, 0.29) is 16.7 Å². The fourth-order valence-electron chi connectivity index (χ4n) is 3.92. The number of rotatable bonds is 10. The fraction of sp³-hybridized carbons (Fsp3) is 0.400. The van der Waals surface area contributed by atoms with Crippen LogP contribution in [0.1, 0.15) is 31.4 Å². The quantitative estimate of drug-likeness (QED) is 0.433. The summed E-state index contributed by atoms with van der Waals surface area (Å²) in [5, 5.41) is 0. The number of thioether (sulfide) groups is 2. The van der Waals surface area contributed by atoms with Gasteiger partial charge in [-0.05, 0) is 31.4 Å². The average Bonchev–Trinajstić information content (AvgIpc) is 3.05. The molecule has 0 N–H and O–H groups in total. The van der Waals surface area contributed by atoms with E-state index in [1.807, 2.05) is 41.7 Å². The second-order valence-electron chi connectivity index (χ2n) is 8.10. The number of amides is 1. The number of benzene rings is 2. The lowest BCUT2D eigenvalue weighted by Crippen LogP contribution is -2.45. The first kappa shape index (κ1) is 22.0. The van der Waals surface area contributed by atoms with Crippen LogP contribution in [0.4, 0.5) is 0 Å². The molecule has 154 valence electrons. The highest BCUT2D eigenvalue weighted by Crippen LogP contribution is 2.41. The Bertz CT molecular complexity index is 791. The smallest absolute Gasteiger partial charge is 0.227 e. The van der Waals surface area contributed by atoms with Gasteiger partial charge in [0.15, 0.2) is 0 Å². The van der Waals surface area contributed by atoms with Crippen molar-refractivity contribution in [3.63, 3.8) is 0 Å². The van der Waals surface area contributed by atoms with Gasteiger partial charge in [-0.25, -0.2) is 0 Å². The molecule has 0 aliphatic carbocycles. The number of carbonyl (C=O) groups is 1. The Morgan fingerprint density at radius 3 is 2.31 bits per heavy atom. The van der Waals surface area contributed by atoms with Crippen molar-refractivity contribution in [1.82, 2.24) is 4.90 Å². The summed E-state index contributed by atoms with van der Waals surface area (Å²) in [5.74, 6) is 3.16. The average molecular weight is 426 g/mol. The zero-order valence-electron chi connectivity index (χ0n) is 17.4.